The zero-order chi connectivity index (χ0) is 34.4. The molecule has 2 aliphatic carbocycles. The minimum Gasteiger partial charge on any atom is -0.348 e. The van der Waals surface area contributed by atoms with E-state index in [9.17, 15) is 14.4 Å². The Balaban J connectivity index is 0.000000149. The van der Waals surface area contributed by atoms with Crippen LogP contribution in [0.25, 0.3) is 10.9 Å². The molecule has 1 aromatic carbocycles. The first-order valence-corrected chi connectivity index (χ1v) is 18.3. The van der Waals surface area contributed by atoms with E-state index in [-0.39, 0.29) is 29.6 Å². The van der Waals surface area contributed by atoms with Crippen molar-refractivity contribution in [2.24, 2.45) is 30.7 Å². The molecule has 2 saturated carbocycles. The number of amides is 3. The summed E-state index contributed by atoms with van der Waals surface area (Å²) >= 11 is 0. The van der Waals surface area contributed by atoms with E-state index < -0.39 is 0 Å². The Morgan fingerprint density at radius 1 is 0.840 bits per heavy atom. The Bertz CT molecular complexity index is 1850. The second-order valence-electron chi connectivity index (χ2n) is 14.6. The second kappa shape index (κ2) is 13.6. The zero-order valence-electron chi connectivity index (χ0n) is 29.1. The van der Waals surface area contributed by atoms with Gasteiger partial charge in [-0.25, -0.2) is 15.0 Å². The number of imide groups is 1. The minimum atomic E-state index is 0.0273. The predicted molar refractivity (Wildman–Crippen MR) is 189 cm³/mol. The highest BCUT2D eigenvalue weighted by Crippen LogP contribution is 2.56. The van der Waals surface area contributed by atoms with Crippen molar-refractivity contribution in [1.82, 2.24) is 39.2 Å². The average molecular weight is 678 g/mol. The lowest BCUT2D eigenvalue weighted by Gasteiger charge is -2.34. The van der Waals surface area contributed by atoms with Gasteiger partial charge in [0.1, 0.15) is 0 Å². The lowest BCUT2D eigenvalue weighted by molar-refractivity contribution is -0.140. The fourth-order valence-electron chi connectivity index (χ4n) is 9.28. The topological polar surface area (TPSA) is 124 Å². The molecule has 9 rings (SSSR count). The van der Waals surface area contributed by atoms with E-state index in [1.165, 1.54) is 0 Å². The molecule has 12 heteroatoms. The molecule has 4 fully saturated rings. The van der Waals surface area contributed by atoms with Gasteiger partial charge < -0.3 is 19.4 Å². The maximum Gasteiger partial charge on any atom is 0.256 e. The average Bonchev–Trinajstić information content (AvgIpc) is 3.97. The summed E-state index contributed by atoms with van der Waals surface area (Å²) in [5.74, 6) is 2.23. The number of carbonyl (C=O) groups excluding carboxylic acids is 3. The van der Waals surface area contributed by atoms with Crippen LogP contribution in [0.5, 0.6) is 0 Å². The molecule has 4 atom stereocenters. The van der Waals surface area contributed by atoms with Crippen LogP contribution >= 0.6 is 0 Å². The van der Waals surface area contributed by atoms with E-state index in [2.05, 4.69) is 40.4 Å². The van der Waals surface area contributed by atoms with E-state index in [0.717, 1.165) is 117 Å². The molecule has 2 bridgehead atoms. The lowest BCUT2D eigenvalue weighted by atomic mass is 9.81. The van der Waals surface area contributed by atoms with Crippen LogP contribution in [0.3, 0.4) is 0 Å². The fraction of sp³-hybridized carbons (Fsp3) is 0.526. The molecule has 5 aliphatic rings. The van der Waals surface area contributed by atoms with Crippen LogP contribution in [0.4, 0.5) is 5.95 Å². The number of H-pyrrole nitrogens is 1. The molecule has 3 amide bonds. The third-order valence-electron chi connectivity index (χ3n) is 12.0. The molecule has 0 unspecified atom stereocenters. The van der Waals surface area contributed by atoms with Gasteiger partial charge in [-0.1, -0.05) is 18.2 Å². The number of rotatable bonds is 8. The summed E-state index contributed by atoms with van der Waals surface area (Å²) in [5.41, 5.74) is 5.09. The standard InChI is InChI=1S/C21H29N5O2.C17H18N4O/c27-19-17-15-4-5-16(14-15)18(17)20(28)26(19)9-2-1-8-24-10-12-25(13-11-24)21-22-6-3-7-23-21;1-11-13(19-10-18-11)9-21-8-7-15-16(17(21)22)12-5-3-4-6-14(12)20(15)2/h3,6-7,15-18H,1-2,4-5,8-14H2;3-6,10H,7-9H2,1-2H3,(H,18,19)/t15-,16+,17+,18-;. The van der Waals surface area contributed by atoms with Crippen LogP contribution in [-0.4, -0.2) is 103 Å². The summed E-state index contributed by atoms with van der Waals surface area (Å²) in [6, 6.07) is 9.96. The summed E-state index contributed by atoms with van der Waals surface area (Å²) in [6.45, 7) is 8.83. The first kappa shape index (κ1) is 32.6. The van der Waals surface area contributed by atoms with Gasteiger partial charge in [0.15, 0.2) is 0 Å². The molecule has 3 aliphatic heterocycles. The number of carbonyl (C=O) groups is 3. The van der Waals surface area contributed by atoms with Crippen molar-refractivity contribution in [2.45, 2.75) is 52.0 Å². The molecule has 6 heterocycles. The van der Waals surface area contributed by atoms with Crippen LogP contribution in [0.2, 0.25) is 0 Å². The fourth-order valence-corrected chi connectivity index (χ4v) is 9.28. The molecule has 262 valence electrons. The highest BCUT2D eigenvalue weighted by molar-refractivity contribution is 6.09. The summed E-state index contributed by atoms with van der Waals surface area (Å²) in [5, 5.41) is 1.05. The molecule has 50 heavy (non-hydrogen) atoms. The monoisotopic (exact) mass is 677 g/mol. The molecule has 12 nitrogen and oxygen atoms in total. The summed E-state index contributed by atoms with van der Waals surface area (Å²) in [6.07, 6.45) is 11.5. The number of imidazole rings is 1. The Morgan fingerprint density at radius 3 is 2.24 bits per heavy atom. The molecular formula is C38H47N9O3. The quantitative estimate of drug-likeness (QED) is 0.221. The number of likely N-dealkylation sites (tertiary alicyclic amines) is 1. The first-order chi connectivity index (χ1) is 24.4. The Labute approximate surface area is 292 Å². The van der Waals surface area contributed by atoms with Crippen molar-refractivity contribution in [3.8, 4) is 0 Å². The normalized spacial score (nSPS) is 24.6. The highest BCUT2D eigenvalue weighted by Gasteiger charge is 2.60. The molecule has 2 saturated heterocycles. The highest BCUT2D eigenvalue weighted by atomic mass is 16.2. The number of nitrogens with zero attached hydrogens (tertiary/aromatic N) is 8. The Morgan fingerprint density at radius 2 is 1.54 bits per heavy atom. The third kappa shape index (κ3) is 5.87. The number of aromatic amines is 1. The van der Waals surface area contributed by atoms with Crippen LogP contribution in [-0.2, 0) is 29.6 Å². The van der Waals surface area contributed by atoms with Crippen LogP contribution < -0.4 is 4.90 Å². The van der Waals surface area contributed by atoms with Gasteiger partial charge in [0.25, 0.3) is 5.91 Å². The van der Waals surface area contributed by atoms with Crippen LogP contribution in [0, 0.1) is 30.6 Å². The Hall–Kier alpha value is -4.58. The van der Waals surface area contributed by atoms with Crippen molar-refractivity contribution in [1.29, 1.82) is 0 Å². The summed E-state index contributed by atoms with van der Waals surface area (Å²) in [4.78, 5) is 62.6. The zero-order valence-corrected chi connectivity index (χ0v) is 29.1. The van der Waals surface area contributed by atoms with Gasteiger partial charge >= 0.3 is 0 Å². The number of hydrogen-bond donors (Lipinski definition) is 1. The maximum absolute atomic E-state index is 13.0. The van der Waals surface area contributed by atoms with Crippen LogP contribution in [0.1, 0.15) is 59.5 Å². The summed E-state index contributed by atoms with van der Waals surface area (Å²) in [7, 11) is 2.04. The number of aromatic nitrogens is 5. The number of nitrogens with one attached hydrogen (secondary N) is 1. The SMILES string of the molecule is Cc1[nH]cnc1CN1CCc2c(c3ccccc3n2C)C1=O.O=C1[C@@H]2[C@H]3CC[C@H](C3)[C@@H]2C(=O)N1CCCCN1CCN(c2ncccn2)CC1. The van der Waals surface area contributed by atoms with Gasteiger partial charge in [0.05, 0.1) is 36.0 Å². The number of benzene rings is 1. The van der Waals surface area contributed by atoms with Crippen molar-refractivity contribution in [2.75, 3.05) is 50.7 Å². The van der Waals surface area contributed by atoms with E-state index in [0.29, 0.717) is 24.9 Å². The second-order valence-corrected chi connectivity index (χ2v) is 14.6. The van der Waals surface area contributed by atoms with Crippen molar-refractivity contribution < 1.29 is 14.4 Å². The van der Waals surface area contributed by atoms with Crippen molar-refractivity contribution in [3.63, 3.8) is 0 Å². The largest absolute Gasteiger partial charge is 0.348 e. The van der Waals surface area contributed by atoms with Crippen molar-refractivity contribution >= 4 is 34.6 Å². The first-order valence-electron chi connectivity index (χ1n) is 18.3. The van der Waals surface area contributed by atoms with Gasteiger partial charge in [-0.15, -0.1) is 0 Å². The summed E-state index contributed by atoms with van der Waals surface area (Å²) < 4.78 is 2.15. The predicted octanol–water partition coefficient (Wildman–Crippen LogP) is 3.82. The smallest absolute Gasteiger partial charge is 0.256 e. The van der Waals surface area contributed by atoms with Gasteiger partial charge in [0.2, 0.25) is 17.8 Å². The number of piperazine rings is 1. The molecule has 0 spiro atoms. The third-order valence-corrected chi connectivity index (χ3v) is 12.0. The minimum absolute atomic E-state index is 0.0273. The number of fused-ring (bicyclic) bond motifs is 8. The van der Waals surface area contributed by atoms with E-state index in [1.54, 1.807) is 23.6 Å². The van der Waals surface area contributed by atoms with E-state index in [4.69, 9.17) is 0 Å². The number of para-hydroxylation sites is 1. The molecule has 4 aromatic rings. The maximum atomic E-state index is 13.0. The molecule has 0 radical (unpaired) electrons. The number of unbranched alkanes of at least 4 members (excludes halogenated alkanes) is 1. The molecule has 3 aromatic heterocycles. The van der Waals surface area contributed by atoms with Gasteiger partial charge in [0, 0.05) is 87.4 Å². The number of aryl methyl sites for hydroxylation is 2. The van der Waals surface area contributed by atoms with Crippen molar-refractivity contribution in [3.05, 3.63) is 71.7 Å². The molecule has 1 N–H and O–H groups in total. The lowest BCUT2D eigenvalue weighted by Crippen LogP contribution is -2.47. The molecular weight excluding hydrogens is 630 g/mol. The Kier molecular flexibility index (Phi) is 8.88. The van der Waals surface area contributed by atoms with Gasteiger partial charge in [-0.3, -0.25) is 24.2 Å². The number of anilines is 1. The van der Waals surface area contributed by atoms with E-state index >= 15 is 0 Å². The van der Waals surface area contributed by atoms with Gasteiger partial charge in [-0.05, 0) is 69.5 Å². The number of hydrogen-bond acceptors (Lipinski definition) is 8. The van der Waals surface area contributed by atoms with Gasteiger partial charge in [-0.2, -0.15) is 0 Å². The van der Waals surface area contributed by atoms with Crippen LogP contribution in [0.15, 0.2) is 49.1 Å². The van der Waals surface area contributed by atoms with E-state index in [1.807, 2.05) is 43.1 Å².